The van der Waals surface area contributed by atoms with Crippen LogP contribution in [0.25, 0.3) is 10.6 Å². The van der Waals surface area contributed by atoms with Gasteiger partial charge in [-0.2, -0.15) is 0 Å². The molecule has 0 spiro atoms. The molecule has 5 nitrogen and oxygen atoms in total. The van der Waals surface area contributed by atoms with Crippen LogP contribution in [0.2, 0.25) is 0 Å². The van der Waals surface area contributed by atoms with E-state index < -0.39 is 0 Å². The number of esters is 1. The number of rotatable bonds is 6. The molecule has 4 bridgehead atoms. The molecule has 2 atom stereocenters. The third-order valence-electron chi connectivity index (χ3n) is 6.96. The van der Waals surface area contributed by atoms with E-state index in [2.05, 4.69) is 4.98 Å². The number of halogens is 1. The summed E-state index contributed by atoms with van der Waals surface area (Å²) in [6.07, 6.45) is 5.98. The van der Waals surface area contributed by atoms with Crippen LogP contribution in [-0.4, -0.2) is 30.0 Å². The minimum atomic E-state index is -0.381. The van der Waals surface area contributed by atoms with E-state index in [4.69, 9.17) is 25.8 Å². The Morgan fingerprint density at radius 2 is 1.90 bits per heavy atom. The van der Waals surface area contributed by atoms with E-state index in [0.29, 0.717) is 23.3 Å². The molecule has 7 heteroatoms. The zero-order chi connectivity index (χ0) is 20.9. The number of carbonyl (C=O) groups excluding carboxylic acids is 1. The maximum atomic E-state index is 13.1. The van der Waals surface area contributed by atoms with Gasteiger partial charge in [0.05, 0.1) is 25.3 Å². The smallest absolute Gasteiger partial charge is 0.312 e. The van der Waals surface area contributed by atoms with E-state index in [9.17, 15) is 4.79 Å². The number of ether oxygens (including phenoxy) is 3. The third kappa shape index (κ3) is 3.48. The fraction of sp³-hybridized carbons (Fsp3) is 0.565. The van der Waals surface area contributed by atoms with Crippen LogP contribution in [-0.2, 0) is 16.1 Å². The van der Waals surface area contributed by atoms with Gasteiger partial charge >= 0.3 is 5.97 Å². The number of alkyl halides is 1. The summed E-state index contributed by atoms with van der Waals surface area (Å²) in [6.45, 7) is 0.203. The Hall–Kier alpha value is -1.79. The van der Waals surface area contributed by atoms with Gasteiger partial charge in [0, 0.05) is 15.8 Å². The van der Waals surface area contributed by atoms with E-state index in [1.54, 1.807) is 14.2 Å². The monoisotopic (exact) mass is 447 g/mol. The van der Waals surface area contributed by atoms with Crippen molar-refractivity contribution in [3.63, 3.8) is 0 Å². The summed E-state index contributed by atoms with van der Waals surface area (Å²) in [7, 11) is 3.23. The van der Waals surface area contributed by atoms with Crippen LogP contribution in [0.1, 0.15) is 44.2 Å². The van der Waals surface area contributed by atoms with Gasteiger partial charge in [-0.3, -0.25) is 4.79 Å². The Morgan fingerprint density at radius 3 is 2.57 bits per heavy atom. The fourth-order valence-electron chi connectivity index (χ4n) is 6.16. The fourth-order valence-corrected chi connectivity index (χ4v) is 7.65. The number of carbonyl (C=O) groups is 1. The van der Waals surface area contributed by atoms with Gasteiger partial charge in [0.1, 0.15) is 11.6 Å². The summed E-state index contributed by atoms with van der Waals surface area (Å²) in [5, 5.41) is 2.80. The van der Waals surface area contributed by atoms with Crippen molar-refractivity contribution >= 4 is 28.9 Å². The number of aromatic nitrogens is 1. The van der Waals surface area contributed by atoms with Crippen molar-refractivity contribution in [2.45, 2.75) is 50.0 Å². The van der Waals surface area contributed by atoms with Gasteiger partial charge in [0.2, 0.25) is 0 Å². The quantitative estimate of drug-likeness (QED) is 0.435. The van der Waals surface area contributed by atoms with E-state index in [0.717, 1.165) is 48.4 Å². The second-order valence-corrected chi connectivity index (χ2v) is 10.8. The first-order valence-corrected chi connectivity index (χ1v) is 11.7. The molecule has 2 aromatic rings. The number of benzene rings is 1. The first-order chi connectivity index (χ1) is 14.4. The lowest BCUT2D eigenvalue weighted by atomic mass is 9.49. The average molecular weight is 448 g/mol. The third-order valence-corrected chi connectivity index (χ3v) is 8.34. The van der Waals surface area contributed by atoms with Crippen LogP contribution in [0.4, 0.5) is 0 Å². The average Bonchev–Trinajstić information content (AvgIpc) is 3.18. The number of thiazole rings is 1. The molecule has 0 saturated heterocycles. The van der Waals surface area contributed by atoms with E-state index in [1.165, 1.54) is 17.8 Å². The molecule has 0 aliphatic heterocycles. The van der Waals surface area contributed by atoms with Gasteiger partial charge in [-0.1, -0.05) is 0 Å². The van der Waals surface area contributed by atoms with Crippen LogP contribution in [0.5, 0.6) is 11.5 Å². The van der Waals surface area contributed by atoms with Crippen LogP contribution in [0.3, 0.4) is 0 Å². The first kappa shape index (κ1) is 20.1. The molecular weight excluding hydrogens is 422 g/mol. The van der Waals surface area contributed by atoms with Crippen LogP contribution in [0.15, 0.2) is 23.6 Å². The summed E-state index contributed by atoms with van der Waals surface area (Å²) in [4.78, 5) is 17.6. The van der Waals surface area contributed by atoms with Crippen molar-refractivity contribution in [1.82, 2.24) is 4.98 Å². The minimum Gasteiger partial charge on any atom is -0.493 e. The highest BCUT2D eigenvalue weighted by molar-refractivity contribution is 7.13. The molecule has 4 saturated carbocycles. The minimum absolute atomic E-state index is 0.0812. The molecular formula is C23H26ClNO4S. The van der Waals surface area contributed by atoms with Gasteiger partial charge in [0.25, 0.3) is 0 Å². The lowest BCUT2D eigenvalue weighted by molar-refractivity contribution is -0.171. The molecule has 1 aromatic carbocycles. The maximum absolute atomic E-state index is 13.1. The van der Waals surface area contributed by atoms with Crippen molar-refractivity contribution in [3.8, 4) is 22.1 Å². The van der Waals surface area contributed by atoms with Crippen molar-refractivity contribution in [2.24, 2.45) is 17.3 Å². The SMILES string of the molecule is COc1ccc(-c2nc(COC(=O)C34CC5CC(CC(Cl)(C5)C3)C4)cs2)cc1OC. The van der Waals surface area contributed by atoms with Gasteiger partial charge in [-0.25, -0.2) is 4.98 Å². The zero-order valence-corrected chi connectivity index (χ0v) is 18.9. The summed E-state index contributed by atoms with van der Waals surface area (Å²) in [5.41, 5.74) is 1.33. The molecule has 4 fully saturated rings. The summed E-state index contributed by atoms with van der Waals surface area (Å²) < 4.78 is 16.5. The number of hydrogen-bond donors (Lipinski definition) is 0. The van der Waals surface area contributed by atoms with Crippen LogP contribution >= 0.6 is 22.9 Å². The van der Waals surface area contributed by atoms with E-state index in [1.807, 2.05) is 23.6 Å². The molecule has 0 radical (unpaired) electrons. The van der Waals surface area contributed by atoms with Crippen LogP contribution < -0.4 is 9.47 Å². The first-order valence-electron chi connectivity index (χ1n) is 10.4. The second-order valence-electron chi connectivity index (χ2n) is 9.18. The Morgan fingerprint density at radius 1 is 1.17 bits per heavy atom. The Bertz CT molecular complexity index is 960. The zero-order valence-electron chi connectivity index (χ0n) is 17.3. The highest BCUT2D eigenvalue weighted by Crippen LogP contribution is 2.64. The largest absolute Gasteiger partial charge is 0.493 e. The number of hydrogen-bond acceptors (Lipinski definition) is 6. The predicted octanol–water partition coefficient (Wildman–Crippen LogP) is 5.45. The lowest BCUT2D eigenvalue weighted by Crippen LogP contribution is -2.56. The second kappa shape index (κ2) is 7.41. The van der Waals surface area contributed by atoms with Gasteiger partial charge in [-0.15, -0.1) is 22.9 Å². The Balaban J connectivity index is 1.27. The molecule has 30 heavy (non-hydrogen) atoms. The molecule has 160 valence electrons. The highest BCUT2D eigenvalue weighted by atomic mass is 35.5. The molecule has 0 amide bonds. The van der Waals surface area contributed by atoms with E-state index in [-0.39, 0.29) is 22.9 Å². The standard InChI is InChI=1S/C23H26ClNO4S/c1-27-18-4-3-16(6-19(18)28-2)20-25-17(12-30-20)11-29-21(26)22-7-14-5-15(8-22)10-23(24,9-14)13-22/h3-4,6,12,14-15H,5,7-11,13H2,1-2H3. The summed E-state index contributed by atoms with van der Waals surface area (Å²) in [5.74, 6) is 2.41. The molecule has 1 aromatic heterocycles. The number of methoxy groups -OCH3 is 2. The highest BCUT2D eigenvalue weighted by Gasteiger charge is 2.60. The van der Waals surface area contributed by atoms with Crippen molar-refractivity contribution in [1.29, 1.82) is 0 Å². The summed E-state index contributed by atoms with van der Waals surface area (Å²) in [6, 6.07) is 5.72. The molecule has 6 rings (SSSR count). The maximum Gasteiger partial charge on any atom is 0.312 e. The van der Waals surface area contributed by atoms with Gasteiger partial charge in [-0.05, 0) is 68.6 Å². The van der Waals surface area contributed by atoms with Crippen molar-refractivity contribution < 1.29 is 19.0 Å². The summed E-state index contributed by atoms with van der Waals surface area (Å²) >= 11 is 8.39. The van der Waals surface area contributed by atoms with Crippen LogP contribution in [0, 0.1) is 17.3 Å². The van der Waals surface area contributed by atoms with Gasteiger partial charge in [0.15, 0.2) is 11.5 Å². The Labute approximate surface area is 185 Å². The Kier molecular flexibility index (Phi) is 4.98. The lowest BCUT2D eigenvalue weighted by Gasteiger charge is -2.58. The molecule has 4 aliphatic rings. The topological polar surface area (TPSA) is 57.7 Å². The number of nitrogens with zero attached hydrogens (tertiary/aromatic N) is 1. The predicted molar refractivity (Wildman–Crippen MR) is 116 cm³/mol. The van der Waals surface area contributed by atoms with Gasteiger partial charge < -0.3 is 14.2 Å². The molecule has 0 N–H and O–H groups in total. The normalized spacial score (nSPS) is 31.6. The molecule has 2 unspecified atom stereocenters. The van der Waals surface area contributed by atoms with Crippen molar-refractivity contribution in [3.05, 3.63) is 29.3 Å². The molecule has 4 aliphatic carbocycles. The molecule has 1 heterocycles. The van der Waals surface area contributed by atoms with E-state index >= 15 is 0 Å². The van der Waals surface area contributed by atoms with Crippen molar-refractivity contribution in [2.75, 3.05) is 14.2 Å².